The van der Waals surface area contributed by atoms with Gasteiger partial charge in [-0.15, -0.1) is 0 Å². The summed E-state index contributed by atoms with van der Waals surface area (Å²) in [6.45, 7) is 3.86. The number of nitriles is 1. The number of hydrogen-bond acceptors (Lipinski definition) is 6. The Morgan fingerprint density at radius 1 is 1.07 bits per heavy atom. The van der Waals surface area contributed by atoms with Crippen molar-refractivity contribution in [3.63, 3.8) is 0 Å². The van der Waals surface area contributed by atoms with Crippen LogP contribution in [0, 0.1) is 16.9 Å². The smallest absolute Gasteiger partial charge is 0.416 e. The van der Waals surface area contributed by atoms with Gasteiger partial charge in [-0.3, -0.25) is 15.2 Å². The van der Waals surface area contributed by atoms with Gasteiger partial charge in [0.2, 0.25) is 5.96 Å². The van der Waals surface area contributed by atoms with Crippen LogP contribution in [0.1, 0.15) is 36.2 Å². The second-order valence-corrected chi connectivity index (χ2v) is 8.73. The lowest BCUT2D eigenvalue weighted by Crippen LogP contribution is -2.41. The molecule has 0 saturated heterocycles. The van der Waals surface area contributed by atoms with E-state index in [1.165, 1.54) is 18.1 Å². The number of guanidine groups is 1. The van der Waals surface area contributed by atoms with Gasteiger partial charge in [0.15, 0.2) is 6.19 Å². The summed E-state index contributed by atoms with van der Waals surface area (Å²) in [7, 11) is 1.45. The van der Waals surface area contributed by atoms with Gasteiger partial charge in [-0.25, -0.2) is 4.90 Å². The molecule has 0 radical (unpaired) electrons. The lowest BCUT2D eigenvalue weighted by molar-refractivity contribution is -0.142. The maximum Gasteiger partial charge on any atom is 0.416 e. The number of methoxy groups -OCH3 is 1. The minimum atomic E-state index is -4.59. The van der Waals surface area contributed by atoms with Gasteiger partial charge in [0.1, 0.15) is 5.75 Å². The first-order valence-corrected chi connectivity index (χ1v) is 12.5. The Labute approximate surface area is 231 Å². The van der Waals surface area contributed by atoms with E-state index in [1.54, 1.807) is 56.4 Å². The molecule has 1 N–H and O–H groups in total. The number of benzene rings is 2. The number of halogens is 3. The number of ether oxygens (including phenoxy) is 2. The third-order valence-corrected chi connectivity index (χ3v) is 6.11. The molecule has 210 valence electrons. The lowest BCUT2D eigenvalue weighted by atomic mass is 9.94. The Kier molecular flexibility index (Phi) is 10.1. The molecular formula is C29H30F3N5O3. The molecule has 11 heteroatoms. The summed E-state index contributed by atoms with van der Waals surface area (Å²) in [5.74, 6) is -0.205. The molecule has 0 aliphatic heterocycles. The molecule has 3 aromatic rings. The summed E-state index contributed by atoms with van der Waals surface area (Å²) in [6.07, 6.45) is -1.06. The molecule has 1 aromatic heterocycles. The molecule has 0 unspecified atom stereocenters. The number of esters is 1. The van der Waals surface area contributed by atoms with E-state index >= 15 is 0 Å². The topological polar surface area (TPSA) is 103 Å². The van der Waals surface area contributed by atoms with Gasteiger partial charge in [-0.2, -0.15) is 18.4 Å². The normalized spacial score (nSPS) is 10.9. The van der Waals surface area contributed by atoms with Crippen molar-refractivity contribution >= 4 is 11.9 Å². The van der Waals surface area contributed by atoms with Crippen molar-refractivity contribution < 1.29 is 27.4 Å². The summed E-state index contributed by atoms with van der Waals surface area (Å²) in [5, 5.41) is 18.4. The van der Waals surface area contributed by atoms with Gasteiger partial charge < -0.3 is 14.4 Å². The highest BCUT2D eigenvalue weighted by molar-refractivity contribution is 5.80. The van der Waals surface area contributed by atoms with Crippen molar-refractivity contribution in [2.45, 2.75) is 39.5 Å². The van der Waals surface area contributed by atoms with Crippen molar-refractivity contribution in [2.75, 3.05) is 20.3 Å². The quantitative estimate of drug-likeness (QED) is 0.114. The molecular weight excluding hydrogens is 523 g/mol. The van der Waals surface area contributed by atoms with Crippen molar-refractivity contribution in [3.8, 4) is 23.1 Å². The van der Waals surface area contributed by atoms with E-state index in [-0.39, 0.29) is 44.2 Å². The molecule has 0 bridgehead atoms. The van der Waals surface area contributed by atoms with E-state index in [2.05, 4.69) is 4.98 Å². The van der Waals surface area contributed by atoms with E-state index in [0.29, 0.717) is 28.1 Å². The molecule has 0 aliphatic carbocycles. The number of carbonyl (C=O) groups excluding carboxylic acids is 1. The number of aromatic nitrogens is 1. The van der Waals surface area contributed by atoms with E-state index in [9.17, 15) is 23.2 Å². The van der Waals surface area contributed by atoms with Crippen LogP contribution in [0.3, 0.4) is 0 Å². The first kappa shape index (κ1) is 30.0. The van der Waals surface area contributed by atoms with Gasteiger partial charge in [0, 0.05) is 24.8 Å². The standard InChI is InChI=1S/C29H30F3N5O3/c1-4-36(28(34)37(19-33)18-23-8-6-7-13-35-23)17-21-16-22(29(30,31)32)10-11-24(21)25-14-20(9-12-26(25)39-3)15-27(38)40-5-2/h6-14,16,34H,4-5,15,17-18H2,1-3H3. The van der Waals surface area contributed by atoms with Crippen LogP contribution in [0.4, 0.5) is 13.2 Å². The molecule has 40 heavy (non-hydrogen) atoms. The summed E-state index contributed by atoms with van der Waals surface area (Å²) < 4.78 is 51.8. The Hall–Kier alpha value is -4.59. The Balaban J connectivity index is 2.04. The maximum atomic E-state index is 13.7. The number of alkyl halides is 3. The molecule has 0 aliphatic rings. The average molecular weight is 554 g/mol. The molecule has 3 rings (SSSR count). The van der Waals surface area contributed by atoms with Crippen molar-refractivity contribution in [3.05, 3.63) is 83.2 Å². The van der Waals surface area contributed by atoms with Crippen LogP contribution in [0.2, 0.25) is 0 Å². The largest absolute Gasteiger partial charge is 0.496 e. The van der Waals surface area contributed by atoms with Crippen LogP contribution >= 0.6 is 0 Å². The molecule has 0 atom stereocenters. The van der Waals surface area contributed by atoms with Crippen LogP contribution in [0.25, 0.3) is 11.1 Å². The Morgan fingerprint density at radius 3 is 2.45 bits per heavy atom. The molecule has 2 aromatic carbocycles. The van der Waals surface area contributed by atoms with Gasteiger partial charge in [-0.05, 0) is 66.9 Å². The number of pyridine rings is 1. The molecule has 0 saturated carbocycles. The minimum absolute atomic E-state index is 0.0167. The fraction of sp³-hybridized carbons (Fsp3) is 0.310. The number of carbonyl (C=O) groups is 1. The van der Waals surface area contributed by atoms with Crippen LogP contribution in [0.15, 0.2) is 60.8 Å². The molecule has 0 amide bonds. The SMILES string of the molecule is CCOC(=O)Cc1ccc(OC)c(-c2ccc(C(F)(F)F)cc2CN(CC)C(=N)N(C#N)Cc2ccccn2)c1. The summed E-state index contributed by atoms with van der Waals surface area (Å²) >= 11 is 0. The van der Waals surface area contributed by atoms with Crippen molar-refractivity contribution in [2.24, 2.45) is 0 Å². The first-order chi connectivity index (χ1) is 19.1. The van der Waals surface area contributed by atoms with Crippen LogP contribution < -0.4 is 4.74 Å². The number of rotatable bonds is 10. The van der Waals surface area contributed by atoms with Crippen molar-refractivity contribution in [1.29, 1.82) is 10.7 Å². The van der Waals surface area contributed by atoms with E-state index < -0.39 is 17.7 Å². The number of nitrogens with one attached hydrogen (secondary N) is 1. The minimum Gasteiger partial charge on any atom is -0.496 e. The molecule has 8 nitrogen and oxygen atoms in total. The summed E-state index contributed by atoms with van der Waals surface area (Å²) in [5.41, 5.74) is 1.51. The van der Waals surface area contributed by atoms with Crippen molar-refractivity contribution in [1.82, 2.24) is 14.8 Å². The molecule has 0 spiro atoms. The predicted molar refractivity (Wildman–Crippen MR) is 143 cm³/mol. The number of nitrogens with zero attached hydrogens (tertiary/aromatic N) is 4. The summed E-state index contributed by atoms with van der Waals surface area (Å²) in [6, 6.07) is 13.6. The summed E-state index contributed by atoms with van der Waals surface area (Å²) in [4.78, 5) is 18.9. The number of hydrogen-bond donors (Lipinski definition) is 1. The van der Waals surface area contributed by atoms with Gasteiger partial charge in [0.05, 0.1) is 37.9 Å². The van der Waals surface area contributed by atoms with Gasteiger partial charge in [-0.1, -0.05) is 18.2 Å². The monoisotopic (exact) mass is 553 g/mol. The maximum absolute atomic E-state index is 13.7. The third-order valence-electron chi connectivity index (χ3n) is 6.11. The fourth-order valence-electron chi connectivity index (χ4n) is 4.14. The highest BCUT2D eigenvalue weighted by atomic mass is 19.4. The van der Waals surface area contributed by atoms with E-state index in [0.717, 1.165) is 17.0 Å². The van der Waals surface area contributed by atoms with E-state index in [1.807, 2.05) is 6.19 Å². The highest BCUT2D eigenvalue weighted by Gasteiger charge is 2.32. The zero-order chi connectivity index (χ0) is 29.3. The van der Waals surface area contributed by atoms with E-state index in [4.69, 9.17) is 14.9 Å². The van der Waals surface area contributed by atoms with Gasteiger partial charge in [0.25, 0.3) is 0 Å². The zero-order valence-electron chi connectivity index (χ0n) is 22.5. The first-order valence-electron chi connectivity index (χ1n) is 12.5. The third kappa shape index (κ3) is 7.50. The Morgan fingerprint density at radius 2 is 1.85 bits per heavy atom. The van der Waals surface area contributed by atoms with Crippen LogP contribution in [-0.2, 0) is 35.2 Å². The van der Waals surface area contributed by atoms with Crippen LogP contribution in [0.5, 0.6) is 5.75 Å². The zero-order valence-corrected chi connectivity index (χ0v) is 22.5. The Bertz CT molecular complexity index is 1370. The highest BCUT2D eigenvalue weighted by Crippen LogP contribution is 2.38. The molecule has 0 fully saturated rings. The second-order valence-electron chi connectivity index (χ2n) is 8.73. The second kappa shape index (κ2) is 13.5. The average Bonchev–Trinajstić information content (AvgIpc) is 2.94. The fourth-order valence-corrected chi connectivity index (χ4v) is 4.14. The lowest BCUT2D eigenvalue weighted by Gasteiger charge is -2.29. The van der Waals surface area contributed by atoms with Crippen LogP contribution in [-0.4, -0.2) is 47.0 Å². The predicted octanol–water partition coefficient (Wildman–Crippen LogP) is 5.62. The van der Waals surface area contributed by atoms with Gasteiger partial charge >= 0.3 is 12.1 Å². The molecule has 1 heterocycles.